The molecule has 2 heterocycles. The van der Waals surface area contributed by atoms with Gasteiger partial charge in [-0.15, -0.1) is 6.58 Å². The summed E-state index contributed by atoms with van der Waals surface area (Å²) in [5.74, 6) is 0.796. The van der Waals surface area contributed by atoms with Crippen LogP contribution in [0.1, 0.15) is 17.7 Å². The first-order valence-corrected chi connectivity index (χ1v) is 4.43. The van der Waals surface area contributed by atoms with E-state index in [9.17, 15) is 0 Å². The van der Waals surface area contributed by atoms with Gasteiger partial charge in [-0.3, -0.25) is 0 Å². The van der Waals surface area contributed by atoms with Crippen molar-refractivity contribution in [2.45, 2.75) is 5.92 Å². The molecule has 2 rings (SSSR count). The maximum atomic E-state index is 5.19. The zero-order chi connectivity index (χ0) is 10.7. The largest absolute Gasteiger partial charge is 0.448 e. The van der Waals surface area contributed by atoms with E-state index in [2.05, 4.69) is 23.1 Å². The summed E-state index contributed by atoms with van der Waals surface area (Å²) >= 11 is 0. The fraction of sp³-hybridized carbons (Fsp3) is 0.0909. The Labute approximate surface area is 87.0 Å². The van der Waals surface area contributed by atoms with Gasteiger partial charge in [0.2, 0.25) is 11.8 Å². The quantitative estimate of drug-likeness (QED) is 0.715. The van der Waals surface area contributed by atoms with Gasteiger partial charge in [-0.25, -0.2) is 9.97 Å². The standard InChI is InChI=1S/C11H10N2O2/c1-3-9(11-13-5-7-15-11)8(2)10-12-4-6-14-10/h3-7,9H,1-2H2. The Morgan fingerprint density at radius 2 is 2.00 bits per heavy atom. The highest BCUT2D eigenvalue weighted by molar-refractivity contribution is 5.64. The van der Waals surface area contributed by atoms with E-state index in [0.717, 1.165) is 0 Å². The van der Waals surface area contributed by atoms with Crippen LogP contribution in [0.2, 0.25) is 0 Å². The lowest BCUT2D eigenvalue weighted by Crippen LogP contribution is -1.98. The first kappa shape index (κ1) is 9.45. The van der Waals surface area contributed by atoms with Crippen molar-refractivity contribution < 1.29 is 8.83 Å². The van der Waals surface area contributed by atoms with Crippen LogP contribution in [0, 0.1) is 0 Å². The van der Waals surface area contributed by atoms with Crippen LogP contribution in [0.25, 0.3) is 5.57 Å². The summed E-state index contributed by atoms with van der Waals surface area (Å²) in [5.41, 5.74) is 0.678. The molecule has 4 heteroatoms. The van der Waals surface area contributed by atoms with Crippen LogP contribution < -0.4 is 0 Å². The van der Waals surface area contributed by atoms with Gasteiger partial charge in [0, 0.05) is 5.57 Å². The van der Waals surface area contributed by atoms with Crippen LogP contribution in [0.4, 0.5) is 0 Å². The summed E-state index contributed by atoms with van der Waals surface area (Å²) in [6.45, 7) is 7.61. The lowest BCUT2D eigenvalue weighted by molar-refractivity contribution is 0.489. The number of hydrogen-bond acceptors (Lipinski definition) is 4. The normalized spacial score (nSPS) is 12.3. The maximum Gasteiger partial charge on any atom is 0.222 e. The third-order valence-corrected chi connectivity index (χ3v) is 2.04. The van der Waals surface area contributed by atoms with E-state index >= 15 is 0 Å². The fourth-order valence-electron chi connectivity index (χ4n) is 1.30. The lowest BCUT2D eigenvalue weighted by atomic mass is 10.0. The summed E-state index contributed by atoms with van der Waals surface area (Å²) in [6.07, 6.45) is 7.84. The summed E-state index contributed by atoms with van der Waals surface area (Å²) < 4.78 is 10.3. The van der Waals surface area contributed by atoms with E-state index in [4.69, 9.17) is 8.83 Å². The molecule has 0 fully saturated rings. The number of aromatic nitrogens is 2. The molecule has 76 valence electrons. The van der Waals surface area contributed by atoms with E-state index in [1.54, 1.807) is 18.5 Å². The van der Waals surface area contributed by atoms with Gasteiger partial charge < -0.3 is 8.83 Å². The second-order valence-electron chi connectivity index (χ2n) is 2.95. The number of oxazole rings is 2. The molecule has 1 unspecified atom stereocenters. The molecular weight excluding hydrogens is 192 g/mol. The molecule has 0 N–H and O–H groups in total. The van der Waals surface area contributed by atoms with Crippen molar-refractivity contribution in [1.29, 1.82) is 0 Å². The topological polar surface area (TPSA) is 52.1 Å². The van der Waals surface area contributed by atoms with Crippen molar-refractivity contribution in [3.63, 3.8) is 0 Å². The van der Waals surface area contributed by atoms with Crippen LogP contribution in [-0.2, 0) is 0 Å². The maximum absolute atomic E-state index is 5.19. The monoisotopic (exact) mass is 202 g/mol. The second kappa shape index (κ2) is 3.96. The molecule has 4 nitrogen and oxygen atoms in total. The molecule has 0 bridgehead atoms. The molecule has 2 aromatic heterocycles. The van der Waals surface area contributed by atoms with E-state index < -0.39 is 0 Å². The molecule has 0 aliphatic heterocycles. The minimum Gasteiger partial charge on any atom is -0.448 e. The number of allylic oxidation sites excluding steroid dienone is 2. The molecule has 0 aromatic carbocycles. The predicted octanol–water partition coefficient (Wildman–Crippen LogP) is 2.65. The third kappa shape index (κ3) is 1.74. The van der Waals surface area contributed by atoms with Gasteiger partial charge in [0.05, 0.1) is 18.3 Å². The average Bonchev–Trinajstić information content (AvgIpc) is 2.91. The van der Waals surface area contributed by atoms with Gasteiger partial charge in [-0.1, -0.05) is 12.7 Å². The SMILES string of the molecule is C=CC(C(=C)c1ncco1)c1ncco1. The highest BCUT2D eigenvalue weighted by atomic mass is 16.3. The fourth-order valence-corrected chi connectivity index (χ4v) is 1.30. The molecule has 1 atom stereocenters. The van der Waals surface area contributed by atoms with Crippen LogP contribution in [0.15, 0.2) is 53.0 Å². The van der Waals surface area contributed by atoms with Crippen molar-refractivity contribution in [2.24, 2.45) is 0 Å². The third-order valence-electron chi connectivity index (χ3n) is 2.04. The Balaban J connectivity index is 2.29. The summed E-state index contributed by atoms with van der Waals surface area (Å²) in [7, 11) is 0. The van der Waals surface area contributed by atoms with Gasteiger partial charge in [-0.05, 0) is 0 Å². The first-order chi connectivity index (χ1) is 7.33. The van der Waals surface area contributed by atoms with Gasteiger partial charge in [0.1, 0.15) is 12.5 Å². The average molecular weight is 202 g/mol. The van der Waals surface area contributed by atoms with Crippen LogP contribution in [-0.4, -0.2) is 9.97 Å². The van der Waals surface area contributed by atoms with Crippen LogP contribution in [0.3, 0.4) is 0 Å². The zero-order valence-corrected chi connectivity index (χ0v) is 8.09. The van der Waals surface area contributed by atoms with Gasteiger partial charge >= 0.3 is 0 Å². The predicted molar refractivity (Wildman–Crippen MR) is 55.0 cm³/mol. The molecule has 0 saturated carbocycles. The molecule has 15 heavy (non-hydrogen) atoms. The number of rotatable bonds is 4. The van der Waals surface area contributed by atoms with Crippen molar-refractivity contribution in [3.8, 4) is 0 Å². The Bertz CT molecular complexity index is 443. The lowest BCUT2D eigenvalue weighted by Gasteiger charge is -2.08. The van der Waals surface area contributed by atoms with E-state index in [1.165, 1.54) is 12.5 Å². The summed E-state index contributed by atoms with van der Waals surface area (Å²) in [4.78, 5) is 8.06. The highest BCUT2D eigenvalue weighted by Gasteiger charge is 2.19. The van der Waals surface area contributed by atoms with Gasteiger partial charge in [-0.2, -0.15) is 0 Å². The summed E-state index contributed by atoms with van der Waals surface area (Å²) in [6, 6.07) is 0. The van der Waals surface area contributed by atoms with Crippen LogP contribution in [0.5, 0.6) is 0 Å². The minimum atomic E-state index is -0.210. The zero-order valence-electron chi connectivity index (χ0n) is 8.09. The Morgan fingerprint density at radius 3 is 2.53 bits per heavy atom. The smallest absolute Gasteiger partial charge is 0.222 e. The van der Waals surface area contributed by atoms with E-state index in [1.807, 2.05) is 0 Å². The molecule has 0 radical (unpaired) electrons. The minimum absolute atomic E-state index is 0.210. The molecule has 0 amide bonds. The number of hydrogen-bond donors (Lipinski definition) is 0. The first-order valence-electron chi connectivity index (χ1n) is 4.43. The molecule has 0 saturated heterocycles. The van der Waals surface area contributed by atoms with Crippen molar-refractivity contribution in [2.75, 3.05) is 0 Å². The molecule has 0 aliphatic carbocycles. The highest BCUT2D eigenvalue weighted by Crippen LogP contribution is 2.29. The van der Waals surface area contributed by atoms with Crippen molar-refractivity contribution >= 4 is 5.57 Å². The number of nitrogens with zero attached hydrogens (tertiary/aromatic N) is 2. The van der Waals surface area contributed by atoms with Crippen molar-refractivity contribution in [3.05, 3.63) is 55.9 Å². The van der Waals surface area contributed by atoms with Crippen LogP contribution >= 0.6 is 0 Å². The molecule has 2 aromatic rings. The molecule has 0 aliphatic rings. The van der Waals surface area contributed by atoms with Gasteiger partial charge in [0.15, 0.2) is 0 Å². The van der Waals surface area contributed by atoms with Crippen molar-refractivity contribution in [1.82, 2.24) is 9.97 Å². The Hall–Kier alpha value is -2.10. The van der Waals surface area contributed by atoms with E-state index in [0.29, 0.717) is 17.4 Å². The Kier molecular flexibility index (Phi) is 2.49. The van der Waals surface area contributed by atoms with E-state index in [-0.39, 0.29) is 5.92 Å². The van der Waals surface area contributed by atoms with Gasteiger partial charge in [0.25, 0.3) is 0 Å². The molecule has 0 spiro atoms. The Morgan fingerprint density at radius 1 is 1.27 bits per heavy atom. The summed E-state index contributed by atoms with van der Waals surface area (Å²) in [5, 5.41) is 0. The second-order valence-corrected chi connectivity index (χ2v) is 2.95. The molecular formula is C11H10N2O2.